The molecule has 0 unspecified atom stereocenters. The lowest BCUT2D eigenvalue weighted by Gasteiger charge is -2.44. The molecular formula is C27H34N2O2S. The van der Waals surface area contributed by atoms with Gasteiger partial charge in [0.25, 0.3) is 11.8 Å². The first-order valence-corrected chi connectivity index (χ1v) is 13.0. The second-order valence-electron chi connectivity index (χ2n) is 8.92. The summed E-state index contributed by atoms with van der Waals surface area (Å²) in [5.74, 6) is 1.19. The van der Waals surface area contributed by atoms with Crippen molar-refractivity contribution in [1.29, 1.82) is 0 Å². The van der Waals surface area contributed by atoms with E-state index in [1.807, 2.05) is 59.1 Å². The minimum atomic E-state index is -0.175. The maximum absolute atomic E-state index is 13.1. The minimum Gasteiger partial charge on any atom is -0.338 e. The van der Waals surface area contributed by atoms with Gasteiger partial charge in [0, 0.05) is 36.5 Å². The number of unbranched alkanes of at least 4 members (excludes halogenated alkanes) is 3. The summed E-state index contributed by atoms with van der Waals surface area (Å²) in [6.07, 6.45) is 7.78. The van der Waals surface area contributed by atoms with E-state index in [0.29, 0.717) is 13.1 Å². The Balaban J connectivity index is 1.34. The van der Waals surface area contributed by atoms with E-state index in [2.05, 4.69) is 24.0 Å². The van der Waals surface area contributed by atoms with Gasteiger partial charge in [-0.05, 0) is 55.5 Å². The van der Waals surface area contributed by atoms with Gasteiger partial charge in [-0.2, -0.15) is 0 Å². The highest BCUT2D eigenvalue weighted by Crippen LogP contribution is 2.44. The Kier molecular flexibility index (Phi) is 7.56. The van der Waals surface area contributed by atoms with Crippen molar-refractivity contribution in [3.05, 3.63) is 71.3 Å². The molecule has 0 atom stereocenters. The summed E-state index contributed by atoms with van der Waals surface area (Å²) in [6, 6.07) is 17.7. The summed E-state index contributed by atoms with van der Waals surface area (Å²) in [5.41, 5.74) is 2.84. The minimum absolute atomic E-state index is 0.112. The predicted molar refractivity (Wildman–Crippen MR) is 132 cm³/mol. The second-order valence-corrected chi connectivity index (χ2v) is 10.4. The fraction of sp³-hybridized carbons (Fsp3) is 0.481. The number of amides is 2. The van der Waals surface area contributed by atoms with Crippen molar-refractivity contribution in [3.63, 3.8) is 0 Å². The van der Waals surface area contributed by atoms with Crippen LogP contribution >= 0.6 is 11.8 Å². The van der Waals surface area contributed by atoms with Crippen molar-refractivity contribution in [2.24, 2.45) is 0 Å². The third kappa shape index (κ3) is 5.03. The molecule has 2 aromatic carbocycles. The number of hydrogen-bond donors (Lipinski definition) is 0. The van der Waals surface area contributed by atoms with Gasteiger partial charge >= 0.3 is 0 Å². The number of nitrogens with zero attached hydrogens (tertiary/aromatic N) is 2. The van der Waals surface area contributed by atoms with E-state index >= 15 is 0 Å². The topological polar surface area (TPSA) is 40.6 Å². The molecule has 0 aromatic heterocycles. The van der Waals surface area contributed by atoms with Crippen LogP contribution in [0.1, 0.15) is 71.7 Å². The fourth-order valence-electron chi connectivity index (χ4n) is 4.86. The summed E-state index contributed by atoms with van der Waals surface area (Å²) in [5, 5.41) is 0. The number of carbonyl (C=O) groups is 2. The average Bonchev–Trinajstić information content (AvgIpc) is 3.25. The van der Waals surface area contributed by atoms with E-state index in [-0.39, 0.29) is 16.7 Å². The summed E-state index contributed by atoms with van der Waals surface area (Å²) in [6.45, 7) is 4.41. The molecule has 0 aliphatic carbocycles. The standard InChI is InChI=1S/C27H34N2O2S/c1-2-3-4-6-9-22-12-14-24(15-13-22)25(30)28-18-16-27(17-19-28)29(20-21-32-27)26(31)23-10-7-5-8-11-23/h5,7-8,10-15H,2-4,6,9,16-21H2,1H3. The van der Waals surface area contributed by atoms with Crippen LogP contribution in [0.3, 0.4) is 0 Å². The number of aryl methyl sites for hydroxylation is 1. The zero-order valence-electron chi connectivity index (χ0n) is 19.1. The monoisotopic (exact) mass is 450 g/mol. The largest absolute Gasteiger partial charge is 0.338 e. The van der Waals surface area contributed by atoms with Gasteiger partial charge in [0.2, 0.25) is 0 Å². The van der Waals surface area contributed by atoms with E-state index < -0.39 is 0 Å². The van der Waals surface area contributed by atoms with Crippen LogP contribution in [0.25, 0.3) is 0 Å². The normalized spacial score (nSPS) is 17.7. The summed E-state index contributed by atoms with van der Waals surface area (Å²) < 4.78 is 0. The van der Waals surface area contributed by atoms with Crippen molar-refractivity contribution < 1.29 is 9.59 Å². The van der Waals surface area contributed by atoms with Crippen LogP contribution in [0, 0.1) is 0 Å². The number of hydrogen-bond acceptors (Lipinski definition) is 3. The van der Waals surface area contributed by atoms with Crippen molar-refractivity contribution in [2.75, 3.05) is 25.4 Å². The van der Waals surface area contributed by atoms with Gasteiger partial charge in [0.1, 0.15) is 0 Å². The number of carbonyl (C=O) groups excluding carboxylic acids is 2. The molecule has 0 saturated carbocycles. The Bertz CT molecular complexity index is 905. The van der Waals surface area contributed by atoms with Gasteiger partial charge in [-0.1, -0.05) is 56.5 Å². The van der Waals surface area contributed by atoms with Crippen LogP contribution in [0.5, 0.6) is 0 Å². The number of rotatable bonds is 7. The zero-order valence-corrected chi connectivity index (χ0v) is 19.9. The molecule has 4 nitrogen and oxygen atoms in total. The molecule has 0 bridgehead atoms. The lowest BCUT2D eigenvalue weighted by atomic mass is 9.99. The first-order valence-electron chi connectivity index (χ1n) is 12.0. The Hall–Kier alpha value is -2.27. The molecule has 170 valence electrons. The zero-order chi connectivity index (χ0) is 22.4. The van der Waals surface area contributed by atoms with Gasteiger partial charge in [-0.25, -0.2) is 0 Å². The third-order valence-corrected chi connectivity index (χ3v) is 8.35. The molecule has 2 fully saturated rings. The number of piperidine rings is 1. The van der Waals surface area contributed by atoms with Crippen molar-refractivity contribution >= 4 is 23.6 Å². The molecule has 2 aliphatic rings. The van der Waals surface area contributed by atoms with E-state index in [1.165, 1.54) is 31.2 Å². The maximum atomic E-state index is 13.1. The first kappa shape index (κ1) is 22.9. The molecule has 4 rings (SSSR count). The SMILES string of the molecule is CCCCCCc1ccc(C(=O)N2CCC3(CC2)SCCN3C(=O)c2ccccc2)cc1. The molecule has 0 N–H and O–H groups in total. The quantitative estimate of drug-likeness (QED) is 0.513. The highest BCUT2D eigenvalue weighted by molar-refractivity contribution is 8.00. The van der Waals surface area contributed by atoms with Crippen LogP contribution < -0.4 is 0 Å². The fourth-order valence-corrected chi connectivity index (χ4v) is 6.31. The van der Waals surface area contributed by atoms with Gasteiger partial charge in [-0.3, -0.25) is 9.59 Å². The van der Waals surface area contributed by atoms with Crippen molar-refractivity contribution in [3.8, 4) is 0 Å². The van der Waals surface area contributed by atoms with Gasteiger partial charge in [-0.15, -0.1) is 11.8 Å². The Morgan fingerprint density at radius 1 is 0.844 bits per heavy atom. The smallest absolute Gasteiger partial charge is 0.254 e. The van der Waals surface area contributed by atoms with Crippen LogP contribution in [-0.4, -0.2) is 51.9 Å². The third-order valence-electron chi connectivity index (χ3n) is 6.80. The number of thioether (sulfide) groups is 1. The summed E-state index contributed by atoms with van der Waals surface area (Å²) >= 11 is 1.89. The Morgan fingerprint density at radius 2 is 1.53 bits per heavy atom. The first-order chi connectivity index (χ1) is 15.6. The number of benzene rings is 2. The van der Waals surface area contributed by atoms with Crippen molar-refractivity contribution in [2.45, 2.75) is 56.7 Å². The van der Waals surface area contributed by atoms with E-state index in [9.17, 15) is 9.59 Å². The second kappa shape index (κ2) is 10.6. The molecule has 1 spiro atoms. The van der Waals surface area contributed by atoms with Crippen LogP contribution in [0.4, 0.5) is 0 Å². The molecule has 2 aromatic rings. The Labute approximate surface area is 196 Å². The van der Waals surface area contributed by atoms with E-state index in [4.69, 9.17) is 0 Å². The number of likely N-dealkylation sites (tertiary alicyclic amines) is 1. The molecule has 0 radical (unpaired) electrons. The van der Waals surface area contributed by atoms with E-state index in [0.717, 1.165) is 42.7 Å². The molecule has 2 aliphatic heterocycles. The lowest BCUT2D eigenvalue weighted by Crippen LogP contribution is -2.53. The predicted octanol–water partition coefficient (Wildman–Crippen LogP) is 5.63. The summed E-state index contributed by atoms with van der Waals surface area (Å²) in [4.78, 5) is 30.1. The highest BCUT2D eigenvalue weighted by Gasteiger charge is 2.47. The molecule has 2 heterocycles. The Morgan fingerprint density at radius 3 is 2.22 bits per heavy atom. The highest BCUT2D eigenvalue weighted by atomic mass is 32.2. The van der Waals surface area contributed by atoms with E-state index in [1.54, 1.807) is 0 Å². The molecular weight excluding hydrogens is 416 g/mol. The van der Waals surface area contributed by atoms with Gasteiger partial charge in [0.15, 0.2) is 0 Å². The average molecular weight is 451 g/mol. The van der Waals surface area contributed by atoms with Gasteiger partial charge in [0.05, 0.1) is 4.87 Å². The molecule has 2 saturated heterocycles. The molecule has 5 heteroatoms. The van der Waals surface area contributed by atoms with Crippen LogP contribution in [0.15, 0.2) is 54.6 Å². The lowest BCUT2D eigenvalue weighted by molar-refractivity contribution is 0.0498. The van der Waals surface area contributed by atoms with Gasteiger partial charge < -0.3 is 9.80 Å². The molecule has 32 heavy (non-hydrogen) atoms. The van der Waals surface area contributed by atoms with Crippen molar-refractivity contribution in [1.82, 2.24) is 9.80 Å². The van der Waals surface area contributed by atoms with Crippen LogP contribution in [-0.2, 0) is 6.42 Å². The summed E-state index contributed by atoms with van der Waals surface area (Å²) in [7, 11) is 0. The molecule has 2 amide bonds. The maximum Gasteiger partial charge on any atom is 0.254 e. The van der Waals surface area contributed by atoms with Crippen LogP contribution in [0.2, 0.25) is 0 Å².